The molecule has 154 valence electrons. The maximum Gasteiger partial charge on any atom is 0.497 e. The van der Waals surface area contributed by atoms with E-state index in [1.54, 1.807) is 6.33 Å². The van der Waals surface area contributed by atoms with Crippen LogP contribution in [0.5, 0.6) is 0 Å². The number of furan rings is 1. The number of imidazole rings is 1. The van der Waals surface area contributed by atoms with Gasteiger partial charge in [0.25, 0.3) is 0 Å². The zero-order valence-electron chi connectivity index (χ0n) is 18.1. The molecule has 1 saturated carbocycles. The second kappa shape index (κ2) is 6.35. The largest absolute Gasteiger partial charge is 0.497 e. The summed E-state index contributed by atoms with van der Waals surface area (Å²) in [5.41, 5.74) is 4.74. The molecule has 2 N–H and O–H groups in total. The van der Waals surface area contributed by atoms with Crippen molar-refractivity contribution in [2.75, 3.05) is 7.11 Å². The predicted octanol–water partition coefficient (Wildman–Crippen LogP) is 4.62. The first-order valence-electron chi connectivity index (χ1n) is 10.9. The molecule has 0 amide bonds. The van der Waals surface area contributed by atoms with E-state index < -0.39 is 7.12 Å². The van der Waals surface area contributed by atoms with Crippen LogP contribution in [-0.2, 0) is 10.1 Å². The number of benzene rings is 1. The molecule has 2 aliphatic rings. The predicted molar refractivity (Wildman–Crippen MR) is 117 cm³/mol. The molecule has 1 aromatic carbocycles. The molecule has 2 aliphatic carbocycles. The van der Waals surface area contributed by atoms with Crippen LogP contribution in [0.1, 0.15) is 77.0 Å². The third-order valence-electron chi connectivity index (χ3n) is 8.04. The van der Waals surface area contributed by atoms with Crippen molar-refractivity contribution in [3.8, 4) is 0 Å². The molecule has 29 heavy (non-hydrogen) atoms. The fraction of sp³-hybridized carbons (Fsp3) is 0.609. The topological polar surface area (TPSA) is 71.3 Å². The van der Waals surface area contributed by atoms with Gasteiger partial charge >= 0.3 is 7.12 Å². The summed E-state index contributed by atoms with van der Waals surface area (Å²) in [7, 11) is 0.445. The average molecular weight is 394 g/mol. The molecule has 2 heterocycles. The summed E-state index contributed by atoms with van der Waals surface area (Å²) in [5, 5.41) is 11.8. The van der Waals surface area contributed by atoms with Gasteiger partial charge in [-0.3, -0.25) is 0 Å². The molecule has 1 fully saturated rings. The van der Waals surface area contributed by atoms with Crippen molar-refractivity contribution in [2.24, 2.45) is 11.3 Å². The van der Waals surface area contributed by atoms with Gasteiger partial charge in [-0.25, -0.2) is 4.98 Å². The lowest BCUT2D eigenvalue weighted by atomic mass is 9.53. The Hall–Kier alpha value is -1.79. The summed E-state index contributed by atoms with van der Waals surface area (Å²) in [6.45, 7) is 9.62. The first-order valence-corrected chi connectivity index (χ1v) is 10.9. The smallest absolute Gasteiger partial charge is 0.461 e. The highest BCUT2D eigenvalue weighted by Crippen LogP contribution is 2.59. The Morgan fingerprint density at radius 3 is 2.83 bits per heavy atom. The van der Waals surface area contributed by atoms with E-state index in [-0.39, 0.29) is 5.41 Å². The second-order valence-electron chi connectivity index (χ2n) is 10.2. The molecule has 0 spiro atoms. The average Bonchev–Trinajstić information content (AvgIpc) is 3.26. The van der Waals surface area contributed by atoms with Crippen molar-refractivity contribution in [2.45, 2.75) is 71.1 Å². The Balaban J connectivity index is 1.88. The molecular weight excluding hydrogens is 363 g/mol. The van der Waals surface area contributed by atoms with Crippen LogP contribution >= 0.6 is 0 Å². The van der Waals surface area contributed by atoms with E-state index in [4.69, 9.17) is 9.07 Å². The van der Waals surface area contributed by atoms with Gasteiger partial charge < -0.3 is 19.1 Å². The van der Waals surface area contributed by atoms with E-state index in [1.165, 1.54) is 38.4 Å². The van der Waals surface area contributed by atoms with Gasteiger partial charge in [-0.15, -0.1) is 0 Å². The number of nitrogens with zero attached hydrogens (tertiary/aromatic N) is 1. The Bertz CT molecular complexity index is 1080. The van der Waals surface area contributed by atoms with Gasteiger partial charge in [0.1, 0.15) is 11.3 Å². The molecule has 6 heteroatoms. The number of H-pyrrole nitrogens is 1. The van der Waals surface area contributed by atoms with Crippen LogP contribution in [0.2, 0.25) is 0 Å². The first-order chi connectivity index (χ1) is 13.8. The number of hydrogen-bond acceptors (Lipinski definition) is 4. The minimum absolute atomic E-state index is 0.0656. The van der Waals surface area contributed by atoms with E-state index in [2.05, 4.69) is 43.7 Å². The van der Waals surface area contributed by atoms with Gasteiger partial charge in [0.2, 0.25) is 0 Å². The van der Waals surface area contributed by atoms with Crippen molar-refractivity contribution >= 4 is 34.6 Å². The van der Waals surface area contributed by atoms with Crippen molar-refractivity contribution < 1.29 is 14.1 Å². The summed E-state index contributed by atoms with van der Waals surface area (Å²) >= 11 is 0. The number of hydrogen-bond donors (Lipinski definition) is 2. The number of aromatic nitrogens is 2. The third-order valence-corrected chi connectivity index (χ3v) is 8.04. The molecule has 5 rings (SSSR count). The summed E-state index contributed by atoms with van der Waals surface area (Å²) in [6, 6.07) is 2.17. The lowest BCUT2D eigenvalue weighted by Gasteiger charge is -2.50. The zero-order chi connectivity index (χ0) is 20.6. The van der Waals surface area contributed by atoms with Crippen molar-refractivity contribution in [3.63, 3.8) is 0 Å². The van der Waals surface area contributed by atoms with Crippen LogP contribution in [0.25, 0.3) is 22.0 Å². The first kappa shape index (κ1) is 19.2. The minimum Gasteiger partial charge on any atom is -0.461 e. The highest BCUT2D eigenvalue weighted by Gasteiger charge is 2.51. The lowest BCUT2D eigenvalue weighted by molar-refractivity contribution is 0.0504. The van der Waals surface area contributed by atoms with Gasteiger partial charge in [0.15, 0.2) is 0 Å². The summed E-state index contributed by atoms with van der Waals surface area (Å²) < 4.78 is 11.9. The third kappa shape index (κ3) is 2.58. The Morgan fingerprint density at radius 1 is 1.28 bits per heavy atom. The van der Waals surface area contributed by atoms with Gasteiger partial charge in [0, 0.05) is 24.0 Å². The molecule has 2 aromatic heterocycles. The fourth-order valence-corrected chi connectivity index (χ4v) is 6.64. The van der Waals surface area contributed by atoms with E-state index >= 15 is 0 Å². The molecule has 0 aliphatic heterocycles. The molecule has 3 aromatic rings. The van der Waals surface area contributed by atoms with Crippen LogP contribution < -0.4 is 5.46 Å². The maximum absolute atomic E-state index is 10.7. The Labute approximate surface area is 172 Å². The van der Waals surface area contributed by atoms with Crippen molar-refractivity contribution in [3.05, 3.63) is 23.7 Å². The maximum atomic E-state index is 10.7. The van der Waals surface area contributed by atoms with E-state index in [1.807, 2.05) is 0 Å². The summed E-state index contributed by atoms with van der Waals surface area (Å²) in [6.07, 6.45) is 7.74. The molecule has 5 nitrogen and oxygen atoms in total. The van der Waals surface area contributed by atoms with Crippen LogP contribution in [-0.4, -0.2) is 29.2 Å². The molecular formula is C23H31BN2O3. The molecule has 3 atom stereocenters. The van der Waals surface area contributed by atoms with Gasteiger partial charge in [0.05, 0.1) is 22.8 Å². The minimum atomic E-state index is -1.07. The highest BCUT2D eigenvalue weighted by atomic mass is 16.5. The quantitative estimate of drug-likeness (QED) is 0.622. The monoisotopic (exact) mass is 394 g/mol. The summed E-state index contributed by atoms with van der Waals surface area (Å²) in [5.74, 6) is 2.07. The normalized spacial score (nSPS) is 28.9. The van der Waals surface area contributed by atoms with Gasteiger partial charge in [-0.1, -0.05) is 34.1 Å². The molecule has 0 saturated heterocycles. The number of aromatic amines is 1. The lowest BCUT2D eigenvalue weighted by Crippen LogP contribution is -2.44. The van der Waals surface area contributed by atoms with E-state index in [9.17, 15) is 5.02 Å². The number of nitrogens with one attached hydrogen (secondary N) is 1. The Morgan fingerprint density at radius 2 is 2.07 bits per heavy atom. The van der Waals surface area contributed by atoms with E-state index in [0.29, 0.717) is 28.2 Å². The van der Waals surface area contributed by atoms with E-state index in [0.717, 1.165) is 28.7 Å². The van der Waals surface area contributed by atoms with Gasteiger partial charge in [-0.2, -0.15) is 0 Å². The van der Waals surface area contributed by atoms with Gasteiger partial charge in [-0.05, 0) is 48.5 Å². The SMILES string of the molecule is COB(O)c1c2nc[nH]c2cc2c3c(oc12)C(C)CCC1C(C)(C)CCCC31C. The molecule has 0 radical (unpaired) electrons. The molecule has 0 bridgehead atoms. The van der Waals surface area contributed by atoms with Crippen LogP contribution in [0.15, 0.2) is 16.8 Å². The zero-order valence-corrected chi connectivity index (χ0v) is 18.1. The number of rotatable bonds is 2. The summed E-state index contributed by atoms with van der Waals surface area (Å²) in [4.78, 5) is 7.68. The highest BCUT2D eigenvalue weighted by molar-refractivity contribution is 6.66. The van der Waals surface area contributed by atoms with Crippen LogP contribution in [0, 0.1) is 11.3 Å². The molecule has 3 unspecified atom stereocenters. The standard InChI is InChI=1S/C23H31BN2O3/c1-13-7-8-16-22(2,3)9-6-10-23(16,4)17-14-11-15-19(26-12-25-15)18(24(27)28-5)21(14)29-20(13)17/h11-13,16,27H,6-10H2,1-5H3,(H,25,26). The fourth-order valence-electron chi connectivity index (χ4n) is 6.64. The number of fused-ring (bicyclic) bond motifs is 6. The Kier molecular flexibility index (Phi) is 4.21. The van der Waals surface area contributed by atoms with Crippen molar-refractivity contribution in [1.29, 1.82) is 0 Å². The van der Waals surface area contributed by atoms with Crippen molar-refractivity contribution in [1.82, 2.24) is 9.97 Å². The second-order valence-corrected chi connectivity index (χ2v) is 10.2. The van der Waals surface area contributed by atoms with Crippen LogP contribution in [0.4, 0.5) is 0 Å². The van der Waals surface area contributed by atoms with Crippen LogP contribution in [0.3, 0.4) is 0 Å².